The van der Waals surface area contributed by atoms with Gasteiger partial charge < -0.3 is 0 Å². The van der Waals surface area contributed by atoms with Crippen molar-refractivity contribution in [2.45, 2.75) is 4.64 Å². The first-order valence-electron chi connectivity index (χ1n) is 2.78. The first-order chi connectivity index (χ1) is 3.81. The van der Waals surface area contributed by atoms with E-state index in [1.165, 1.54) is 18.3 Å². The van der Waals surface area contributed by atoms with Crippen LogP contribution in [0.4, 0.5) is 0 Å². The Morgan fingerprint density at radius 3 is 1.91 bits per heavy atom. The van der Waals surface area contributed by atoms with Gasteiger partial charge in [-0.3, -0.25) is 0 Å². The van der Waals surface area contributed by atoms with Crippen molar-refractivity contribution in [3.8, 4) is 0 Å². The summed E-state index contributed by atoms with van der Waals surface area (Å²) in [6, 6.07) is 0. The monoisotopic (exact) mass is 238 g/mol. The standard InChI is InChI=1S/C4H12N3.3Na.Zn.3H/c5-1-3-7-4-2-6;;;;;;;/h3,7H,1-2,4-6H2;;;;;;;. The van der Waals surface area contributed by atoms with Crippen molar-refractivity contribution in [3.05, 3.63) is 0 Å². The van der Waals surface area contributed by atoms with Gasteiger partial charge in [0.25, 0.3) is 0 Å². The summed E-state index contributed by atoms with van der Waals surface area (Å²) in [5.74, 6) is 0. The van der Waals surface area contributed by atoms with Gasteiger partial charge in [0.2, 0.25) is 0 Å². The van der Waals surface area contributed by atoms with Gasteiger partial charge in [-0.2, -0.15) is 0 Å². The van der Waals surface area contributed by atoms with Gasteiger partial charge in [0, 0.05) is 0 Å². The quantitative estimate of drug-likeness (QED) is 0.445. The fraction of sp³-hybridized carbons (Fsp3) is 1.00. The molecule has 1 atom stereocenters. The van der Waals surface area contributed by atoms with Crippen molar-refractivity contribution in [1.29, 1.82) is 0 Å². The Morgan fingerprint density at radius 1 is 1.18 bits per heavy atom. The van der Waals surface area contributed by atoms with Gasteiger partial charge in [-0.25, -0.2) is 0 Å². The molecule has 0 saturated heterocycles. The number of rotatable bonds is 4. The number of hydrogen-bond acceptors (Lipinski definition) is 3. The SMILES string of the molecule is NCCN[CH]([Zn])CN.[NaH].[NaH].[NaH]. The Bertz CT molecular complexity index is 59.8. The molecule has 0 aliphatic rings. The van der Waals surface area contributed by atoms with E-state index in [0.717, 1.165) is 13.1 Å². The molecule has 0 aromatic rings. The molecule has 0 saturated carbocycles. The Hall–Kier alpha value is 3.50. The van der Waals surface area contributed by atoms with Crippen LogP contribution in [0.1, 0.15) is 0 Å². The molecule has 3 nitrogen and oxygen atoms in total. The van der Waals surface area contributed by atoms with E-state index in [4.69, 9.17) is 11.5 Å². The van der Waals surface area contributed by atoms with Crippen molar-refractivity contribution in [3.63, 3.8) is 0 Å². The summed E-state index contributed by atoms with van der Waals surface area (Å²) >= 11 is 1.20. The molecular formula is C4H15N3Na3Zn. The van der Waals surface area contributed by atoms with Crippen molar-refractivity contribution < 1.29 is 18.3 Å². The van der Waals surface area contributed by atoms with E-state index in [-0.39, 0.29) is 88.7 Å². The summed E-state index contributed by atoms with van der Waals surface area (Å²) in [4.78, 5) is 0. The molecule has 0 aliphatic heterocycles. The van der Waals surface area contributed by atoms with Crippen molar-refractivity contribution in [2.75, 3.05) is 19.6 Å². The molecule has 0 aromatic heterocycles. The molecule has 11 heavy (non-hydrogen) atoms. The second kappa shape index (κ2) is 19.1. The second-order valence-corrected chi connectivity index (χ2v) is 3.74. The molecule has 5 N–H and O–H groups in total. The Labute approximate surface area is 145 Å². The van der Waals surface area contributed by atoms with E-state index in [1.807, 2.05) is 0 Å². The predicted octanol–water partition coefficient (Wildman–Crippen LogP) is -3.58. The number of hydrogen-bond donors (Lipinski definition) is 3. The molecule has 51 valence electrons. The van der Waals surface area contributed by atoms with Crippen LogP contribution in [-0.4, -0.2) is 113 Å². The van der Waals surface area contributed by atoms with Gasteiger partial charge in [0.05, 0.1) is 0 Å². The Balaban J connectivity index is -0.0000000817. The van der Waals surface area contributed by atoms with Gasteiger partial charge in [0.15, 0.2) is 0 Å². The molecule has 1 unspecified atom stereocenters. The normalized spacial score (nSPS) is 10.2. The van der Waals surface area contributed by atoms with Crippen molar-refractivity contribution >= 4 is 88.7 Å². The molecule has 0 fully saturated rings. The predicted molar refractivity (Wildman–Crippen MR) is 51.3 cm³/mol. The molecule has 7 heteroatoms. The molecular weight excluding hydrogens is 224 g/mol. The van der Waals surface area contributed by atoms with Crippen LogP contribution in [0.15, 0.2) is 0 Å². The molecule has 0 aliphatic carbocycles. The number of nitrogens with one attached hydrogen (secondary N) is 1. The van der Waals surface area contributed by atoms with Crippen LogP contribution in [0, 0.1) is 0 Å². The summed E-state index contributed by atoms with van der Waals surface area (Å²) in [6.45, 7) is 2.33. The van der Waals surface area contributed by atoms with E-state index < -0.39 is 0 Å². The van der Waals surface area contributed by atoms with Crippen LogP contribution < -0.4 is 16.8 Å². The molecule has 0 aromatic carbocycles. The van der Waals surface area contributed by atoms with Gasteiger partial charge in [-0.05, 0) is 0 Å². The molecule has 0 amide bonds. The van der Waals surface area contributed by atoms with E-state index in [1.54, 1.807) is 0 Å². The molecule has 0 rings (SSSR count). The van der Waals surface area contributed by atoms with Crippen molar-refractivity contribution in [1.82, 2.24) is 5.32 Å². The zero-order chi connectivity index (χ0) is 6.41. The van der Waals surface area contributed by atoms with Gasteiger partial charge in [0.1, 0.15) is 0 Å². The summed E-state index contributed by atoms with van der Waals surface area (Å²) in [7, 11) is 0. The maximum atomic E-state index is 5.34. The second-order valence-electron chi connectivity index (χ2n) is 1.68. The third-order valence-electron chi connectivity index (χ3n) is 0.862. The maximum absolute atomic E-state index is 5.34. The summed E-state index contributed by atoms with van der Waals surface area (Å²) in [6.07, 6.45) is 0. The van der Waals surface area contributed by atoms with Crippen LogP contribution in [0.3, 0.4) is 0 Å². The summed E-state index contributed by atoms with van der Waals surface area (Å²) in [5.41, 5.74) is 10.6. The van der Waals surface area contributed by atoms with Crippen LogP contribution in [0.2, 0.25) is 0 Å². The Kier molecular flexibility index (Phi) is 41.7. The molecule has 0 radical (unpaired) electrons. The fourth-order valence-electron chi connectivity index (χ4n) is 0.371. The van der Waals surface area contributed by atoms with E-state index in [2.05, 4.69) is 5.32 Å². The van der Waals surface area contributed by atoms with Crippen molar-refractivity contribution in [2.24, 2.45) is 11.5 Å². The summed E-state index contributed by atoms with van der Waals surface area (Å²) in [5, 5.41) is 3.19. The van der Waals surface area contributed by atoms with Crippen LogP contribution >= 0.6 is 0 Å². The van der Waals surface area contributed by atoms with E-state index >= 15 is 0 Å². The van der Waals surface area contributed by atoms with Gasteiger partial charge >= 0.3 is 148 Å². The minimum atomic E-state index is 0. The van der Waals surface area contributed by atoms with Crippen LogP contribution in [0.25, 0.3) is 0 Å². The first-order valence-corrected chi connectivity index (χ1v) is 4.49. The third kappa shape index (κ3) is 19.8. The number of nitrogens with two attached hydrogens (primary N) is 2. The Morgan fingerprint density at radius 2 is 1.64 bits per heavy atom. The van der Waals surface area contributed by atoms with Gasteiger partial charge in [-0.15, -0.1) is 0 Å². The molecule has 0 spiro atoms. The van der Waals surface area contributed by atoms with Gasteiger partial charge in [-0.1, -0.05) is 0 Å². The minimum absolute atomic E-state index is 0. The average molecular weight is 240 g/mol. The first kappa shape index (κ1) is 24.0. The van der Waals surface area contributed by atoms with Crippen LogP contribution in [-0.2, 0) is 18.3 Å². The zero-order valence-corrected chi connectivity index (χ0v) is 8.03. The van der Waals surface area contributed by atoms with E-state index in [0.29, 0.717) is 11.2 Å². The third-order valence-corrected chi connectivity index (χ3v) is 2.17. The van der Waals surface area contributed by atoms with E-state index in [9.17, 15) is 0 Å². The fourth-order valence-corrected chi connectivity index (χ4v) is 0.799. The topological polar surface area (TPSA) is 64.1 Å². The molecule has 0 bridgehead atoms. The molecule has 0 heterocycles. The van der Waals surface area contributed by atoms with Crippen LogP contribution in [0.5, 0.6) is 0 Å². The average Bonchev–Trinajstić information content (AvgIpc) is 1.83. The zero-order valence-electron chi connectivity index (χ0n) is 5.06. The summed E-state index contributed by atoms with van der Waals surface area (Å²) < 4.78 is 0.526.